The van der Waals surface area contributed by atoms with E-state index in [1.54, 1.807) is 0 Å². The van der Waals surface area contributed by atoms with Crippen molar-refractivity contribution >= 4 is 0 Å². The van der Waals surface area contributed by atoms with E-state index in [1.165, 1.54) is 0 Å². The molecule has 6 nitrogen and oxygen atoms in total. The SMILES string of the molecule is CC1COCCOC1n1cc(F)c(=O)[nH]c1=O. The monoisotopic (exact) mass is 244 g/mol. The van der Waals surface area contributed by atoms with Crippen LogP contribution < -0.4 is 11.2 Å². The zero-order valence-corrected chi connectivity index (χ0v) is 9.31. The average molecular weight is 244 g/mol. The second-order valence-electron chi connectivity index (χ2n) is 3.96. The topological polar surface area (TPSA) is 73.3 Å². The summed E-state index contributed by atoms with van der Waals surface area (Å²) in [7, 11) is 0. The van der Waals surface area contributed by atoms with E-state index in [4.69, 9.17) is 9.47 Å². The van der Waals surface area contributed by atoms with Crippen molar-refractivity contribution in [2.24, 2.45) is 5.92 Å². The third kappa shape index (κ3) is 2.45. The number of aromatic amines is 1. The van der Waals surface area contributed by atoms with Crippen LogP contribution in [-0.4, -0.2) is 29.4 Å². The average Bonchev–Trinajstić information content (AvgIpc) is 2.49. The molecule has 2 atom stereocenters. The smallest absolute Gasteiger partial charge is 0.330 e. The highest BCUT2D eigenvalue weighted by Crippen LogP contribution is 2.20. The molecule has 0 saturated carbocycles. The van der Waals surface area contributed by atoms with E-state index in [0.29, 0.717) is 19.8 Å². The van der Waals surface area contributed by atoms with Crippen LogP contribution in [0, 0.1) is 11.7 Å². The lowest BCUT2D eigenvalue weighted by molar-refractivity contribution is -0.0209. The van der Waals surface area contributed by atoms with Gasteiger partial charge < -0.3 is 9.47 Å². The fraction of sp³-hybridized carbons (Fsp3) is 0.600. The minimum atomic E-state index is -1.02. The second-order valence-corrected chi connectivity index (χ2v) is 3.96. The number of halogens is 1. The van der Waals surface area contributed by atoms with E-state index in [-0.39, 0.29) is 5.92 Å². The molecule has 1 aromatic heterocycles. The van der Waals surface area contributed by atoms with Gasteiger partial charge >= 0.3 is 5.69 Å². The van der Waals surface area contributed by atoms with Crippen molar-refractivity contribution in [1.29, 1.82) is 0 Å². The molecule has 2 unspecified atom stereocenters. The van der Waals surface area contributed by atoms with Gasteiger partial charge in [-0.2, -0.15) is 4.39 Å². The predicted molar refractivity (Wildman–Crippen MR) is 56.3 cm³/mol. The first kappa shape index (κ1) is 12.0. The molecule has 0 aromatic carbocycles. The Hall–Kier alpha value is -1.47. The Bertz CT molecular complexity index is 510. The molecule has 94 valence electrons. The van der Waals surface area contributed by atoms with Gasteiger partial charge in [0.1, 0.15) is 6.23 Å². The molecule has 0 radical (unpaired) electrons. The lowest BCUT2D eigenvalue weighted by Gasteiger charge is -2.22. The van der Waals surface area contributed by atoms with E-state index in [0.717, 1.165) is 10.8 Å². The molecule has 1 fully saturated rings. The highest BCUT2D eigenvalue weighted by molar-refractivity contribution is 4.89. The van der Waals surface area contributed by atoms with Crippen molar-refractivity contribution in [3.63, 3.8) is 0 Å². The molecule has 0 bridgehead atoms. The maximum Gasteiger partial charge on any atom is 0.330 e. The Kier molecular flexibility index (Phi) is 3.39. The molecule has 1 aromatic rings. The first-order chi connectivity index (χ1) is 8.09. The van der Waals surface area contributed by atoms with Gasteiger partial charge in [0.05, 0.1) is 26.0 Å². The molecule has 7 heteroatoms. The summed E-state index contributed by atoms with van der Waals surface area (Å²) < 4.78 is 24.9. The first-order valence-electron chi connectivity index (χ1n) is 5.30. The summed E-state index contributed by atoms with van der Waals surface area (Å²) in [6.45, 7) is 2.99. The van der Waals surface area contributed by atoms with Crippen LogP contribution in [0.2, 0.25) is 0 Å². The zero-order valence-electron chi connectivity index (χ0n) is 9.31. The van der Waals surface area contributed by atoms with Crippen LogP contribution in [0.25, 0.3) is 0 Å². The summed E-state index contributed by atoms with van der Waals surface area (Å²) in [5.74, 6) is -1.12. The third-order valence-electron chi connectivity index (χ3n) is 2.58. The van der Waals surface area contributed by atoms with Gasteiger partial charge in [-0.15, -0.1) is 0 Å². The predicted octanol–water partition coefficient (Wildman–Crippen LogP) is -0.143. The fourth-order valence-corrected chi connectivity index (χ4v) is 1.75. The summed E-state index contributed by atoms with van der Waals surface area (Å²) in [6, 6.07) is 0. The summed E-state index contributed by atoms with van der Waals surface area (Å²) in [5, 5.41) is 0. The van der Waals surface area contributed by atoms with Gasteiger partial charge in [-0.3, -0.25) is 14.3 Å². The molecule has 2 rings (SSSR count). The molecule has 1 N–H and O–H groups in total. The molecule has 0 amide bonds. The summed E-state index contributed by atoms with van der Waals surface area (Å²) in [6.07, 6.45) is 0.240. The van der Waals surface area contributed by atoms with Crippen LogP contribution in [0.1, 0.15) is 13.2 Å². The quantitative estimate of drug-likeness (QED) is 0.746. The zero-order chi connectivity index (χ0) is 12.4. The molecule has 1 saturated heterocycles. The molecule has 1 aliphatic rings. The summed E-state index contributed by atoms with van der Waals surface area (Å²) in [4.78, 5) is 24.4. The minimum Gasteiger partial charge on any atom is -0.379 e. The van der Waals surface area contributed by atoms with Gasteiger partial charge in [0, 0.05) is 5.92 Å². The van der Waals surface area contributed by atoms with Gasteiger partial charge in [-0.25, -0.2) is 4.79 Å². The van der Waals surface area contributed by atoms with Crippen LogP contribution in [0.5, 0.6) is 0 Å². The van der Waals surface area contributed by atoms with Crippen molar-refractivity contribution in [2.45, 2.75) is 13.2 Å². The van der Waals surface area contributed by atoms with Crippen molar-refractivity contribution in [1.82, 2.24) is 9.55 Å². The van der Waals surface area contributed by atoms with Crippen molar-refractivity contribution in [3.05, 3.63) is 32.9 Å². The molecule has 0 spiro atoms. The minimum absolute atomic E-state index is 0.111. The normalized spacial score (nSPS) is 25.5. The maximum atomic E-state index is 13.2. The fourth-order valence-electron chi connectivity index (χ4n) is 1.75. The number of aromatic nitrogens is 2. The molecular formula is C10H13FN2O4. The third-order valence-corrected chi connectivity index (χ3v) is 2.58. The van der Waals surface area contributed by atoms with Crippen LogP contribution in [0.3, 0.4) is 0 Å². The Balaban J connectivity index is 2.41. The molecule has 1 aliphatic heterocycles. The number of nitrogens with one attached hydrogen (secondary N) is 1. The van der Waals surface area contributed by atoms with Gasteiger partial charge in [-0.05, 0) is 0 Å². The van der Waals surface area contributed by atoms with E-state index >= 15 is 0 Å². The van der Waals surface area contributed by atoms with E-state index in [9.17, 15) is 14.0 Å². The van der Waals surface area contributed by atoms with Crippen molar-refractivity contribution < 1.29 is 13.9 Å². The van der Waals surface area contributed by atoms with Crippen LogP contribution in [0.4, 0.5) is 4.39 Å². The molecule has 2 heterocycles. The lowest BCUT2D eigenvalue weighted by Crippen LogP contribution is -2.37. The number of H-pyrrole nitrogens is 1. The highest BCUT2D eigenvalue weighted by Gasteiger charge is 2.24. The van der Waals surface area contributed by atoms with E-state index < -0.39 is 23.3 Å². The first-order valence-corrected chi connectivity index (χ1v) is 5.30. The maximum absolute atomic E-state index is 13.2. The van der Waals surface area contributed by atoms with Crippen molar-refractivity contribution in [2.75, 3.05) is 19.8 Å². The van der Waals surface area contributed by atoms with Crippen molar-refractivity contribution in [3.8, 4) is 0 Å². The summed E-state index contributed by atoms with van der Waals surface area (Å²) >= 11 is 0. The Morgan fingerprint density at radius 1 is 1.47 bits per heavy atom. The highest BCUT2D eigenvalue weighted by atomic mass is 19.1. The molecule has 17 heavy (non-hydrogen) atoms. The molecular weight excluding hydrogens is 231 g/mol. The van der Waals surface area contributed by atoms with Gasteiger partial charge in [-0.1, -0.05) is 6.92 Å². The second kappa shape index (κ2) is 4.80. The number of hydrogen-bond acceptors (Lipinski definition) is 4. The standard InChI is InChI=1S/C10H13FN2O4/c1-6-5-16-2-3-17-9(6)13-4-7(11)8(14)12-10(13)15/h4,6,9H,2-3,5H2,1H3,(H,12,14,15). The Morgan fingerprint density at radius 3 is 3.00 bits per heavy atom. The number of hydrogen-bond donors (Lipinski definition) is 1. The lowest BCUT2D eigenvalue weighted by atomic mass is 10.1. The molecule has 0 aliphatic carbocycles. The summed E-state index contributed by atoms with van der Waals surface area (Å²) in [5.41, 5.74) is -1.71. The van der Waals surface area contributed by atoms with Crippen LogP contribution in [0.15, 0.2) is 15.8 Å². The van der Waals surface area contributed by atoms with E-state index in [2.05, 4.69) is 0 Å². The number of nitrogens with zero attached hydrogens (tertiary/aromatic N) is 1. The van der Waals surface area contributed by atoms with Gasteiger partial charge in [0.25, 0.3) is 5.56 Å². The Morgan fingerprint density at radius 2 is 2.24 bits per heavy atom. The van der Waals surface area contributed by atoms with Gasteiger partial charge in [0.2, 0.25) is 5.82 Å². The van der Waals surface area contributed by atoms with Crippen LogP contribution >= 0.6 is 0 Å². The number of rotatable bonds is 1. The van der Waals surface area contributed by atoms with E-state index in [1.807, 2.05) is 11.9 Å². The van der Waals surface area contributed by atoms with Gasteiger partial charge in [0.15, 0.2) is 0 Å². The Labute approximate surface area is 96.0 Å². The van der Waals surface area contributed by atoms with Crippen LogP contribution in [-0.2, 0) is 9.47 Å². The number of ether oxygens (including phenoxy) is 2. The largest absolute Gasteiger partial charge is 0.379 e.